The maximum atomic E-state index is 12.1. The van der Waals surface area contributed by atoms with Gasteiger partial charge in [-0.1, -0.05) is 6.08 Å². The van der Waals surface area contributed by atoms with Crippen molar-refractivity contribution in [2.75, 3.05) is 23.8 Å². The average Bonchev–Trinajstić information content (AvgIpc) is 3.00. The van der Waals surface area contributed by atoms with Crippen LogP contribution in [0.25, 0.3) is 0 Å². The monoisotopic (exact) mass is 360 g/mol. The molecule has 2 saturated heterocycles. The fraction of sp³-hybridized carbons (Fsp3) is 0.733. The van der Waals surface area contributed by atoms with Crippen molar-refractivity contribution < 1.29 is 18.0 Å². The molecule has 0 spiro atoms. The summed E-state index contributed by atoms with van der Waals surface area (Å²) < 4.78 is 22.8. The number of amides is 2. The van der Waals surface area contributed by atoms with Gasteiger partial charge in [-0.3, -0.25) is 9.59 Å². The molecular formula is C15H24N2O4S2. The zero-order valence-electron chi connectivity index (χ0n) is 13.4. The van der Waals surface area contributed by atoms with Crippen LogP contribution in [0, 0.1) is 0 Å². The van der Waals surface area contributed by atoms with Gasteiger partial charge in [-0.05, 0) is 19.8 Å². The summed E-state index contributed by atoms with van der Waals surface area (Å²) in [7, 11) is -2.90. The van der Waals surface area contributed by atoms with Gasteiger partial charge >= 0.3 is 0 Å². The largest absolute Gasteiger partial charge is 0.351 e. The molecule has 0 radical (unpaired) electrons. The van der Waals surface area contributed by atoms with Crippen LogP contribution in [0.4, 0.5) is 0 Å². The first-order valence-electron chi connectivity index (χ1n) is 7.84. The summed E-state index contributed by atoms with van der Waals surface area (Å²) in [6.07, 6.45) is 3.28. The summed E-state index contributed by atoms with van der Waals surface area (Å²) in [6, 6.07) is -0.0626. The van der Waals surface area contributed by atoms with Crippen LogP contribution in [0.15, 0.2) is 12.7 Å². The van der Waals surface area contributed by atoms with Crippen LogP contribution in [-0.4, -0.2) is 66.3 Å². The second-order valence-corrected chi connectivity index (χ2v) is 9.64. The number of hydrogen-bond donors (Lipinski definition) is 1. The minimum Gasteiger partial charge on any atom is -0.351 e. The molecule has 0 bridgehead atoms. The summed E-state index contributed by atoms with van der Waals surface area (Å²) in [5, 5.41) is 3.00. The third kappa shape index (κ3) is 4.97. The minimum absolute atomic E-state index is 0.0248. The normalized spacial score (nSPS) is 29.4. The van der Waals surface area contributed by atoms with E-state index in [0.717, 1.165) is 6.42 Å². The Morgan fingerprint density at radius 2 is 2.13 bits per heavy atom. The number of carbonyl (C=O) groups excluding carboxylic acids is 2. The third-order valence-electron chi connectivity index (χ3n) is 4.38. The minimum atomic E-state index is -2.90. The van der Waals surface area contributed by atoms with E-state index in [-0.39, 0.29) is 46.4 Å². The second-order valence-electron chi connectivity index (χ2n) is 6.12. The van der Waals surface area contributed by atoms with Crippen molar-refractivity contribution in [1.82, 2.24) is 10.2 Å². The SMILES string of the molecule is C=CCC(=O)N1CC[C@H](NC(=O)CSC2CCS(=O)(=O)C2)[C@H]1C. The molecule has 2 aliphatic rings. The van der Waals surface area contributed by atoms with E-state index < -0.39 is 9.84 Å². The van der Waals surface area contributed by atoms with Gasteiger partial charge in [-0.2, -0.15) is 0 Å². The molecule has 2 fully saturated rings. The van der Waals surface area contributed by atoms with Crippen LogP contribution < -0.4 is 5.32 Å². The first kappa shape index (κ1) is 18.3. The lowest BCUT2D eigenvalue weighted by Crippen LogP contribution is -2.45. The van der Waals surface area contributed by atoms with Gasteiger partial charge in [0, 0.05) is 24.3 Å². The van der Waals surface area contributed by atoms with Crippen molar-refractivity contribution in [2.24, 2.45) is 0 Å². The Balaban J connectivity index is 1.75. The van der Waals surface area contributed by atoms with Gasteiger partial charge in [-0.15, -0.1) is 18.3 Å². The molecule has 0 aromatic heterocycles. The number of nitrogens with zero attached hydrogens (tertiary/aromatic N) is 1. The van der Waals surface area contributed by atoms with Gasteiger partial charge < -0.3 is 10.2 Å². The molecule has 2 amide bonds. The lowest BCUT2D eigenvalue weighted by atomic mass is 10.1. The van der Waals surface area contributed by atoms with Gasteiger partial charge in [0.05, 0.1) is 23.3 Å². The van der Waals surface area contributed by atoms with Crippen LogP contribution in [0.5, 0.6) is 0 Å². The summed E-state index contributed by atoms with van der Waals surface area (Å²) >= 11 is 1.41. The van der Waals surface area contributed by atoms with Crippen LogP contribution >= 0.6 is 11.8 Å². The highest BCUT2D eigenvalue weighted by molar-refractivity contribution is 8.02. The van der Waals surface area contributed by atoms with Crippen molar-refractivity contribution in [3.8, 4) is 0 Å². The first-order chi connectivity index (χ1) is 10.8. The van der Waals surface area contributed by atoms with E-state index in [1.54, 1.807) is 11.0 Å². The van der Waals surface area contributed by atoms with Gasteiger partial charge in [0.1, 0.15) is 0 Å². The van der Waals surface area contributed by atoms with Crippen molar-refractivity contribution in [3.05, 3.63) is 12.7 Å². The molecule has 1 unspecified atom stereocenters. The van der Waals surface area contributed by atoms with Gasteiger partial charge in [0.15, 0.2) is 9.84 Å². The Hall–Kier alpha value is -1.02. The number of thioether (sulfide) groups is 1. The molecule has 6 nitrogen and oxygen atoms in total. The quantitative estimate of drug-likeness (QED) is 0.701. The number of hydrogen-bond acceptors (Lipinski definition) is 5. The van der Waals surface area contributed by atoms with Gasteiger partial charge in [0.25, 0.3) is 0 Å². The Morgan fingerprint density at radius 3 is 2.74 bits per heavy atom. The predicted octanol–water partition coefficient (Wildman–Crippen LogP) is 0.588. The Morgan fingerprint density at radius 1 is 1.39 bits per heavy atom. The molecule has 2 aliphatic heterocycles. The summed E-state index contributed by atoms with van der Waals surface area (Å²) in [6.45, 7) is 6.16. The van der Waals surface area contributed by atoms with Gasteiger partial charge in [0.2, 0.25) is 11.8 Å². The second kappa shape index (κ2) is 7.70. The molecule has 130 valence electrons. The van der Waals surface area contributed by atoms with Crippen LogP contribution in [0.1, 0.15) is 26.2 Å². The summed E-state index contributed by atoms with van der Waals surface area (Å²) in [5.41, 5.74) is 0. The molecule has 0 aromatic carbocycles. The molecule has 0 saturated carbocycles. The molecule has 0 aromatic rings. The molecule has 0 aliphatic carbocycles. The third-order valence-corrected chi connectivity index (χ3v) is 7.66. The standard InChI is InChI=1S/C15H24N2O4S2/c1-3-4-15(19)17-7-5-13(11(17)2)16-14(18)9-22-12-6-8-23(20,21)10-12/h3,11-13H,1,4-10H2,2H3,(H,16,18)/t11-,12?,13+/m1/s1. The zero-order chi connectivity index (χ0) is 17.0. The molecule has 1 N–H and O–H groups in total. The average molecular weight is 361 g/mol. The summed E-state index contributed by atoms with van der Waals surface area (Å²) in [5.74, 6) is 0.620. The van der Waals surface area contributed by atoms with E-state index in [4.69, 9.17) is 0 Å². The lowest BCUT2D eigenvalue weighted by Gasteiger charge is -2.25. The Labute approximate surface area is 142 Å². The van der Waals surface area contributed by atoms with E-state index in [2.05, 4.69) is 11.9 Å². The van der Waals surface area contributed by atoms with Crippen LogP contribution in [0.3, 0.4) is 0 Å². The molecule has 2 rings (SSSR count). The van der Waals surface area contributed by atoms with Crippen LogP contribution in [0.2, 0.25) is 0 Å². The predicted molar refractivity (Wildman–Crippen MR) is 92.1 cm³/mol. The van der Waals surface area contributed by atoms with Gasteiger partial charge in [-0.25, -0.2) is 8.42 Å². The highest BCUT2D eigenvalue weighted by atomic mass is 32.2. The number of likely N-dealkylation sites (tertiary alicyclic amines) is 1. The van der Waals surface area contributed by atoms with E-state index in [1.165, 1.54) is 11.8 Å². The molecule has 2 heterocycles. The van der Waals surface area contributed by atoms with Crippen molar-refractivity contribution in [3.63, 3.8) is 0 Å². The highest BCUT2D eigenvalue weighted by Crippen LogP contribution is 2.24. The number of sulfone groups is 1. The molecular weight excluding hydrogens is 336 g/mol. The maximum Gasteiger partial charge on any atom is 0.230 e. The topological polar surface area (TPSA) is 83.6 Å². The van der Waals surface area contributed by atoms with Crippen LogP contribution in [-0.2, 0) is 19.4 Å². The Bertz CT molecular complexity index is 576. The van der Waals surface area contributed by atoms with Crippen molar-refractivity contribution >= 4 is 33.4 Å². The molecule has 8 heteroatoms. The number of nitrogens with one attached hydrogen (secondary N) is 1. The van der Waals surface area contributed by atoms with E-state index in [9.17, 15) is 18.0 Å². The smallest absolute Gasteiger partial charge is 0.230 e. The van der Waals surface area contributed by atoms with Crippen molar-refractivity contribution in [2.45, 2.75) is 43.5 Å². The fourth-order valence-electron chi connectivity index (χ4n) is 3.06. The lowest BCUT2D eigenvalue weighted by molar-refractivity contribution is -0.131. The van der Waals surface area contributed by atoms with E-state index in [1.807, 2.05) is 6.92 Å². The number of carbonyl (C=O) groups is 2. The van der Waals surface area contributed by atoms with E-state index >= 15 is 0 Å². The summed E-state index contributed by atoms with van der Waals surface area (Å²) in [4.78, 5) is 25.8. The molecule has 3 atom stereocenters. The maximum absolute atomic E-state index is 12.1. The van der Waals surface area contributed by atoms with Crippen molar-refractivity contribution in [1.29, 1.82) is 0 Å². The fourth-order valence-corrected chi connectivity index (χ4v) is 6.51. The number of rotatable bonds is 6. The first-order valence-corrected chi connectivity index (χ1v) is 10.7. The Kier molecular flexibility index (Phi) is 6.13. The highest BCUT2D eigenvalue weighted by Gasteiger charge is 2.34. The molecule has 23 heavy (non-hydrogen) atoms. The zero-order valence-corrected chi connectivity index (χ0v) is 15.0. The van der Waals surface area contributed by atoms with E-state index in [0.29, 0.717) is 19.4 Å².